The molecule has 0 aromatic carbocycles. The number of likely N-dealkylation sites (N-methyl/N-ethyl adjacent to an activating group) is 1. The minimum absolute atomic E-state index is 0.0541. The summed E-state index contributed by atoms with van der Waals surface area (Å²) >= 11 is 0. The number of amides is 1. The van der Waals surface area contributed by atoms with Gasteiger partial charge >= 0.3 is 7.82 Å². The van der Waals surface area contributed by atoms with Gasteiger partial charge in [0.2, 0.25) is 5.91 Å². The molecular formula is C82H146N2O6P+. The van der Waals surface area contributed by atoms with Crippen LogP contribution in [0.25, 0.3) is 0 Å². The highest BCUT2D eigenvalue weighted by Crippen LogP contribution is 2.43. The summed E-state index contributed by atoms with van der Waals surface area (Å²) < 4.78 is 23.9. The molecule has 0 saturated carbocycles. The van der Waals surface area contributed by atoms with Gasteiger partial charge in [-0.05, 0) is 96.3 Å². The Morgan fingerprint density at radius 1 is 0.385 bits per heavy atom. The Labute approximate surface area is 564 Å². The first-order valence-corrected chi connectivity index (χ1v) is 39.6. The number of nitrogens with one attached hydrogen (secondary N) is 1. The van der Waals surface area contributed by atoms with Gasteiger partial charge in [-0.15, -0.1) is 0 Å². The molecular weight excluding hydrogens is 1140 g/mol. The second-order valence-electron chi connectivity index (χ2n) is 26.6. The molecule has 3 unspecified atom stereocenters. The maximum atomic E-state index is 13.1. The number of allylic oxidation sites excluding steroid dienone is 21. The van der Waals surface area contributed by atoms with Crippen molar-refractivity contribution in [1.82, 2.24) is 5.32 Å². The summed E-state index contributed by atoms with van der Waals surface area (Å²) in [5.74, 6) is -0.187. The molecule has 0 bridgehead atoms. The SMILES string of the molecule is CC/C=C\C/C=C\C/C=C\C/C=C\C/C=C\C/C=C\C/C=C\C/C=C\C/C=C\C/C=C\CCCCCCCCCCC(=O)NC(COP(=O)(O)OCC[N+](C)(C)C)C(O)/C=C/CCCCCCCCCCCCCCCCCCCCCCCCCCCCCC. The number of aliphatic hydroxyl groups is 1. The summed E-state index contributed by atoms with van der Waals surface area (Å²) in [6, 6.07) is -0.863. The Balaban J connectivity index is 4.11. The van der Waals surface area contributed by atoms with E-state index in [9.17, 15) is 19.4 Å². The molecule has 0 rings (SSSR count). The van der Waals surface area contributed by atoms with Crippen LogP contribution < -0.4 is 5.32 Å². The molecule has 0 fully saturated rings. The molecule has 0 aromatic heterocycles. The van der Waals surface area contributed by atoms with Gasteiger partial charge in [-0.25, -0.2) is 4.57 Å². The van der Waals surface area contributed by atoms with Crippen LogP contribution in [0.3, 0.4) is 0 Å². The Morgan fingerprint density at radius 3 is 0.967 bits per heavy atom. The first kappa shape index (κ1) is 87.6. The number of quaternary nitrogens is 1. The molecule has 1 amide bonds. The Hall–Kier alpha value is -3.36. The second kappa shape index (κ2) is 70.9. The predicted molar refractivity (Wildman–Crippen MR) is 401 cm³/mol. The zero-order chi connectivity index (χ0) is 66.2. The molecule has 0 radical (unpaired) electrons. The monoisotopic (exact) mass is 1290 g/mol. The largest absolute Gasteiger partial charge is 0.472 e. The second-order valence-corrected chi connectivity index (χ2v) is 28.1. The van der Waals surface area contributed by atoms with E-state index in [1.807, 2.05) is 27.2 Å². The lowest BCUT2D eigenvalue weighted by molar-refractivity contribution is -0.870. The third kappa shape index (κ3) is 73.9. The fourth-order valence-corrected chi connectivity index (χ4v) is 11.5. The number of phosphoric ester groups is 1. The molecule has 0 heterocycles. The lowest BCUT2D eigenvalue weighted by Gasteiger charge is -2.25. The lowest BCUT2D eigenvalue weighted by atomic mass is 10.0. The Bertz CT molecular complexity index is 1950. The van der Waals surface area contributed by atoms with Crippen LogP contribution in [0, 0.1) is 0 Å². The third-order valence-electron chi connectivity index (χ3n) is 16.6. The number of nitrogens with zero attached hydrogens (tertiary/aromatic N) is 1. The van der Waals surface area contributed by atoms with Crippen LogP contribution in [0.5, 0.6) is 0 Å². The van der Waals surface area contributed by atoms with Crippen molar-refractivity contribution in [3.8, 4) is 0 Å². The summed E-state index contributed by atoms with van der Waals surface area (Å²) in [7, 11) is 1.56. The van der Waals surface area contributed by atoms with Crippen molar-refractivity contribution >= 4 is 13.7 Å². The molecule has 3 N–H and O–H groups in total. The molecule has 0 saturated heterocycles. The fraction of sp³-hybridized carbons (Fsp3) is 0.720. The molecule has 0 aliphatic rings. The van der Waals surface area contributed by atoms with E-state index in [0.29, 0.717) is 17.4 Å². The fourth-order valence-electron chi connectivity index (χ4n) is 10.8. The van der Waals surface area contributed by atoms with Crippen LogP contribution in [-0.2, 0) is 18.4 Å². The minimum Gasteiger partial charge on any atom is -0.387 e. The van der Waals surface area contributed by atoms with Gasteiger partial charge in [0, 0.05) is 6.42 Å². The minimum atomic E-state index is -4.37. The number of phosphoric acid groups is 1. The summed E-state index contributed by atoms with van der Waals surface area (Å²) in [6.07, 6.45) is 108. The van der Waals surface area contributed by atoms with Crippen LogP contribution in [-0.4, -0.2) is 73.4 Å². The number of aliphatic hydroxyl groups excluding tert-OH is 1. The third-order valence-corrected chi connectivity index (χ3v) is 17.6. The van der Waals surface area contributed by atoms with Crippen molar-refractivity contribution in [2.75, 3.05) is 40.9 Å². The van der Waals surface area contributed by atoms with E-state index in [-0.39, 0.29) is 19.1 Å². The van der Waals surface area contributed by atoms with Crippen LogP contribution in [0.4, 0.5) is 0 Å². The number of hydrogen-bond donors (Lipinski definition) is 3. The van der Waals surface area contributed by atoms with E-state index in [1.54, 1.807) is 6.08 Å². The van der Waals surface area contributed by atoms with Gasteiger partial charge in [0.1, 0.15) is 13.2 Å². The molecule has 524 valence electrons. The number of carbonyl (C=O) groups is 1. The highest BCUT2D eigenvalue weighted by atomic mass is 31.2. The standard InChI is InChI=1S/C82H145N2O6P/c1-6-8-10-12-14-16-18-20-22-24-26-28-30-32-34-36-38-39-40-41-42-43-44-45-46-48-50-52-54-56-58-60-62-64-66-68-70-72-74-76-82(86)83-80(79-90-91(87,88)89-78-77-84(3,4)5)81(85)75-73-71-69-67-65-63-61-59-57-55-53-51-49-47-37-35-33-31-29-27-25-23-21-19-17-15-13-11-9-7-2/h8,10,14,16,20,22,26,28,32,34,38-39,41-42,44-45,48,50,54,56,73,75,80-81,85H,6-7,9,11-13,15,17-19,21,23-25,27,29-31,33,35-37,40,43,46-47,49,51-53,55,57-72,74,76-79H2,1-5H3,(H-,83,86,87,88)/p+1/b10-8-,16-14-,22-20-,28-26-,34-32-,39-38-,42-41-,45-44-,50-48-,56-54-,75-73+. The van der Waals surface area contributed by atoms with Crippen LogP contribution in [0.1, 0.15) is 328 Å². The van der Waals surface area contributed by atoms with Crippen molar-refractivity contribution in [2.24, 2.45) is 0 Å². The quantitative estimate of drug-likeness (QED) is 0.0243. The number of hydrogen-bond acceptors (Lipinski definition) is 5. The van der Waals surface area contributed by atoms with Crippen molar-refractivity contribution in [3.05, 3.63) is 134 Å². The number of rotatable bonds is 69. The van der Waals surface area contributed by atoms with E-state index in [4.69, 9.17) is 9.05 Å². The molecule has 91 heavy (non-hydrogen) atoms. The molecule has 0 spiro atoms. The Morgan fingerprint density at radius 2 is 0.659 bits per heavy atom. The van der Waals surface area contributed by atoms with E-state index in [0.717, 1.165) is 116 Å². The van der Waals surface area contributed by atoms with Gasteiger partial charge < -0.3 is 19.8 Å². The van der Waals surface area contributed by atoms with Crippen molar-refractivity contribution in [2.45, 2.75) is 341 Å². The van der Waals surface area contributed by atoms with E-state index in [2.05, 4.69) is 141 Å². The first-order valence-electron chi connectivity index (χ1n) is 38.1. The van der Waals surface area contributed by atoms with Crippen LogP contribution in [0.15, 0.2) is 134 Å². The zero-order valence-corrected chi connectivity index (χ0v) is 60.9. The molecule has 8 nitrogen and oxygen atoms in total. The Kier molecular flexibility index (Phi) is 68.3. The van der Waals surface area contributed by atoms with E-state index in [1.165, 1.54) is 193 Å². The average Bonchev–Trinajstić information content (AvgIpc) is 3.58. The summed E-state index contributed by atoms with van der Waals surface area (Å²) in [4.78, 5) is 23.5. The van der Waals surface area contributed by atoms with Crippen molar-refractivity contribution in [3.63, 3.8) is 0 Å². The average molecular weight is 1290 g/mol. The summed E-state index contributed by atoms with van der Waals surface area (Å²) in [6.45, 7) is 4.72. The van der Waals surface area contributed by atoms with Gasteiger partial charge in [-0.1, -0.05) is 359 Å². The summed E-state index contributed by atoms with van der Waals surface area (Å²) in [5, 5.41) is 14.0. The molecule has 3 atom stereocenters. The van der Waals surface area contributed by atoms with Gasteiger partial charge in [0.05, 0.1) is 39.9 Å². The lowest BCUT2D eigenvalue weighted by Crippen LogP contribution is -2.45. The molecule has 9 heteroatoms. The topological polar surface area (TPSA) is 105 Å². The molecule has 0 aromatic rings. The zero-order valence-electron chi connectivity index (χ0n) is 60.0. The normalized spacial score (nSPS) is 14.3. The van der Waals surface area contributed by atoms with Gasteiger partial charge in [0.15, 0.2) is 0 Å². The van der Waals surface area contributed by atoms with Crippen LogP contribution >= 0.6 is 7.82 Å². The summed E-state index contributed by atoms with van der Waals surface area (Å²) in [5.41, 5.74) is 0. The maximum absolute atomic E-state index is 13.1. The first-order chi connectivity index (χ1) is 44.5. The molecule has 0 aliphatic heterocycles. The van der Waals surface area contributed by atoms with Gasteiger partial charge in [0.25, 0.3) is 0 Å². The smallest absolute Gasteiger partial charge is 0.387 e. The highest BCUT2D eigenvalue weighted by Gasteiger charge is 2.28. The highest BCUT2D eigenvalue weighted by molar-refractivity contribution is 7.47. The number of carbonyl (C=O) groups excluding carboxylic acids is 1. The predicted octanol–water partition coefficient (Wildman–Crippen LogP) is 24.9. The van der Waals surface area contributed by atoms with Crippen molar-refractivity contribution in [1.29, 1.82) is 0 Å². The maximum Gasteiger partial charge on any atom is 0.472 e. The van der Waals surface area contributed by atoms with Gasteiger partial charge in [-0.3, -0.25) is 13.8 Å². The van der Waals surface area contributed by atoms with E-state index >= 15 is 0 Å². The van der Waals surface area contributed by atoms with Gasteiger partial charge in [-0.2, -0.15) is 0 Å². The van der Waals surface area contributed by atoms with Crippen molar-refractivity contribution < 1.29 is 32.9 Å². The van der Waals surface area contributed by atoms with E-state index < -0.39 is 20.0 Å². The number of unbranched alkanes of at least 4 members (excludes halogenated alkanes) is 36. The van der Waals surface area contributed by atoms with Crippen LogP contribution in [0.2, 0.25) is 0 Å². The molecule has 0 aliphatic carbocycles.